The van der Waals surface area contributed by atoms with E-state index < -0.39 is 16.4 Å². The molecule has 23 heavy (non-hydrogen) atoms. The van der Waals surface area contributed by atoms with Crippen LogP contribution >= 0.6 is 0 Å². The minimum Gasteiger partial charge on any atom is -0.353 e. The van der Waals surface area contributed by atoms with Crippen molar-refractivity contribution >= 4 is 16.4 Å². The van der Waals surface area contributed by atoms with Gasteiger partial charge < -0.3 is 8.37 Å². The number of hydrogen-bond acceptors (Lipinski definition) is 5. The van der Waals surface area contributed by atoms with Crippen molar-refractivity contribution in [1.82, 2.24) is 0 Å². The molecule has 0 saturated heterocycles. The van der Waals surface area contributed by atoms with Crippen molar-refractivity contribution in [2.45, 2.75) is 51.4 Å². The molecule has 0 aliphatic rings. The maximum Gasteiger partial charge on any atom is 0.503 e. The third-order valence-corrected chi connectivity index (χ3v) is 3.96. The molecule has 1 aromatic carbocycles. The molecule has 0 bridgehead atoms. The first kappa shape index (κ1) is 19.2. The zero-order valence-corrected chi connectivity index (χ0v) is 14.1. The SMILES string of the molecule is C=CCCCCCCCCC(=O)OS(=O)(=O)Oc1ccccc1. The summed E-state index contributed by atoms with van der Waals surface area (Å²) in [7, 11) is -4.35. The fraction of sp³-hybridized carbons (Fsp3) is 0.471. The van der Waals surface area contributed by atoms with Crippen LogP contribution in [0.1, 0.15) is 51.4 Å². The maximum atomic E-state index is 11.6. The molecule has 1 rings (SSSR count). The van der Waals surface area contributed by atoms with Crippen molar-refractivity contribution in [2.24, 2.45) is 0 Å². The number of carbonyl (C=O) groups is 1. The predicted molar refractivity (Wildman–Crippen MR) is 89.2 cm³/mol. The lowest BCUT2D eigenvalue weighted by molar-refractivity contribution is -0.134. The van der Waals surface area contributed by atoms with Crippen LogP contribution in [0.15, 0.2) is 43.0 Å². The Hall–Kier alpha value is -1.82. The molecule has 128 valence electrons. The number of carbonyl (C=O) groups excluding carboxylic acids is 1. The Bertz CT molecular complexity index is 566. The fourth-order valence-electron chi connectivity index (χ4n) is 2.03. The highest BCUT2D eigenvalue weighted by molar-refractivity contribution is 7.82. The summed E-state index contributed by atoms with van der Waals surface area (Å²) in [5.74, 6) is -0.674. The lowest BCUT2D eigenvalue weighted by Gasteiger charge is -2.06. The van der Waals surface area contributed by atoms with Crippen LogP contribution < -0.4 is 4.18 Å². The highest BCUT2D eigenvalue weighted by atomic mass is 32.3. The highest BCUT2D eigenvalue weighted by Gasteiger charge is 2.19. The molecule has 0 atom stereocenters. The van der Waals surface area contributed by atoms with Crippen molar-refractivity contribution < 1.29 is 21.6 Å². The zero-order valence-electron chi connectivity index (χ0n) is 13.3. The monoisotopic (exact) mass is 340 g/mol. The summed E-state index contributed by atoms with van der Waals surface area (Å²) < 4.78 is 32.2. The van der Waals surface area contributed by atoms with Crippen molar-refractivity contribution in [1.29, 1.82) is 0 Å². The molecule has 0 unspecified atom stereocenters. The summed E-state index contributed by atoms with van der Waals surface area (Å²) in [5, 5.41) is 0. The predicted octanol–water partition coefficient (Wildman–Crippen LogP) is 4.16. The number of unbranched alkanes of at least 4 members (excludes halogenated alkanes) is 6. The Balaban J connectivity index is 2.16. The van der Waals surface area contributed by atoms with Gasteiger partial charge in [0.15, 0.2) is 0 Å². The number of benzene rings is 1. The van der Waals surface area contributed by atoms with Crippen LogP contribution in [-0.2, 0) is 19.4 Å². The van der Waals surface area contributed by atoms with Gasteiger partial charge in [-0.2, -0.15) is 0 Å². The van der Waals surface area contributed by atoms with Gasteiger partial charge >= 0.3 is 16.4 Å². The van der Waals surface area contributed by atoms with Gasteiger partial charge in [-0.25, -0.2) is 0 Å². The fourth-order valence-corrected chi connectivity index (χ4v) is 2.72. The van der Waals surface area contributed by atoms with E-state index in [2.05, 4.69) is 14.9 Å². The number of para-hydroxylation sites is 1. The summed E-state index contributed by atoms with van der Waals surface area (Å²) in [4.78, 5) is 11.5. The molecule has 0 aromatic heterocycles. The molecule has 0 amide bonds. The summed E-state index contributed by atoms with van der Waals surface area (Å²) in [5.41, 5.74) is 0. The van der Waals surface area contributed by atoms with E-state index in [9.17, 15) is 13.2 Å². The Kier molecular flexibility index (Phi) is 9.05. The van der Waals surface area contributed by atoms with Gasteiger partial charge in [-0.05, 0) is 31.4 Å². The van der Waals surface area contributed by atoms with Crippen LogP contribution in [0.2, 0.25) is 0 Å². The van der Waals surface area contributed by atoms with Crippen molar-refractivity contribution in [3.8, 4) is 5.75 Å². The molecule has 1 aromatic rings. The highest BCUT2D eigenvalue weighted by Crippen LogP contribution is 2.14. The van der Waals surface area contributed by atoms with Gasteiger partial charge in [0.1, 0.15) is 5.75 Å². The lowest BCUT2D eigenvalue weighted by atomic mass is 10.1. The van der Waals surface area contributed by atoms with Crippen LogP contribution in [0.5, 0.6) is 5.75 Å². The van der Waals surface area contributed by atoms with E-state index in [1.54, 1.807) is 18.2 Å². The van der Waals surface area contributed by atoms with Crippen LogP contribution in [-0.4, -0.2) is 14.4 Å². The molecule has 0 N–H and O–H groups in total. The van der Waals surface area contributed by atoms with Gasteiger partial charge in [-0.3, -0.25) is 4.79 Å². The van der Waals surface area contributed by atoms with E-state index in [1.807, 2.05) is 6.08 Å². The lowest BCUT2D eigenvalue weighted by Crippen LogP contribution is -2.18. The van der Waals surface area contributed by atoms with Crippen molar-refractivity contribution in [2.75, 3.05) is 0 Å². The second kappa shape index (κ2) is 10.8. The molecule has 0 fully saturated rings. The quantitative estimate of drug-likeness (QED) is 0.422. The first-order valence-electron chi connectivity index (χ1n) is 7.86. The van der Waals surface area contributed by atoms with Gasteiger partial charge in [-0.1, -0.05) is 50.0 Å². The number of rotatable bonds is 12. The van der Waals surface area contributed by atoms with Gasteiger partial charge in [0, 0.05) is 6.42 Å². The Labute approximate surface area is 138 Å². The molecule has 5 nitrogen and oxygen atoms in total. The zero-order chi connectivity index (χ0) is 17.0. The first-order chi connectivity index (χ1) is 11.0. The van der Waals surface area contributed by atoms with E-state index in [0.717, 1.165) is 38.5 Å². The second-order valence-corrected chi connectivity index (χ2v) is 6.36. The van der Waals surface area contributed by atoms with Gasteiger partial charge in [0.05, 0.1) is 0 Å². The minimum atomic E-state index is -4.35. The van der Waals surface area contributed by atoms with E-state index in [4.69, 9.17) is 0 Å². The van der Waals surface area contributed by atoms with E-state index in [-0.39, 0.29) is 12.2 Å². The molecular formula is C17H24O5S. The van der Waals surface area contributed by atoms with E-state index in [0.29, 0.717) is 6.42 Å². The average molecular weight is 340 g/mol. The Morgan fingerprint density at radius 3 is 2.26 bits per heavy atom. The maximum absolute atomic E-state index is 11.6. The minimum absolute atomic E-state index is 0.0734. The Morgan fingerprint density at radius 2 is 1.61 bits per heavy atom. The van der Waals surface area contributed by atoms with E-state index >= 15 is 0 Å². The summed E-state index contributed by atoms with van der Waals surface area (Å²) >= 11 is 0. The average Bonchev–Trinajstić information content (AvgIpc) is 2.50. The van der Waals surface area contributed by atoms with Crippen LogP contribution in [0.3, 0.4) is 0 Å². The standard InChI is InChI=1S/C17H24O5S/c1-2-3-4-5-6-7-8-12-15-17(18)22-23(19,20)21-16-13-10-9-11-14-16/h2,9-11,13-14H,1,3-8,12,15H2. The smallest absolute Gasteiger partial charge is 0.353 e. The second-order valence-electron chi connectivity index (χ2n) is 5.21. The normalized spacial score (nSPS) is 11.0. The molecule has 0 aliphatic heterocycles. The number of hydrogen-bond donors (Lipinski definition) is 0. The van der Waals surface area contributed by atoms with Gasteiger partial charge in [-0.15, -0.1) is 15.0 Å². The van der Waals surface area contributed by atoms with Crippen molar-refractivity contribution in [3.63, 3.8) is 0 Å². The third kappa shape index (κ3) is 9.73. The molecule has 0 spiro atoms. The van der Waals surface area contributed by atoms with Crippen molar-refractivity contribution in [3.05, 3.63) is 43.0 Å². The van der Waals surface area contributed by atoms with Crippen LogP contribution in [0.4, 0.5) is 0 Å². The molecule has 0 radical (unpaired) electrons. The molecule has 0 aliphatic carbocycles. The topological polar surface area (TPSA) is 69.7 Å². The largest absolute Gasteiger partial charge is 0.503 e. The molecule has 0 heterocycles. The van der Waals surface area contributed by atoms with Gasteiger partial charge in [0.25, 0.3) is 0 Å². The third-order valence-electron chi connectivity index (χ3n) is 3.18. The first-order valence-corrected chi connectivity index (χ1v) is 9.19. The van der Waals surface area contributed by atoms with Crippen LogP contribution in [0.25, 0.3) is 0 Å². The molecule has 0 saturated carbocycles. The molecular weight excluding hydrogens is 316 g/mol. The summed E-state index contributed by atoms with van der Waals surface area (Å²) in [6.07, 6.45) is 8.93. The number of allylic oxidation sites excluding steroid dienone is 1. The summed E-state index contributed by atoms with van der Waals surface area (Å²) in [6.45, 7) is 3.67. The molecule has 6 heteroatoms. The van der Waals surface area contributed by atoms with Gasteiger partial charge in [0.2, 0.25) is 0 Å². The Morgan fingerprint density at radius 1 is 1.00 bits per heavy atom. The summed E-state index contributed by atoms with van der Waals surface area (Å²) in [6, 6.07) is 7.92. The van der Waals surface area contributed by atoms with Crippen LogP contribution in [0, 0.1) is 0 Å². The van der Waals surface area contributed by atoms with E-state index in [1.165, 1.54) is 12.1 Å².